The lowest BCUT2D eigenvalue weighted by atomic mass is 10.0. The maximum Gasteiger partial charge on any atom is 0.416 e. The predicted octanol–water partition coefficient (Wildman–Crippen LogP) is 3.74. The zero-order valence-corrected chi connectivity index (χ0v) is 10.8. The van der Waals surface area contributed by atoms with Gasteiger partial charge in [0.2, 0.25) is 0 Å². The second-order valence-corrected chi connectivity index (χ2v) is 5.51. The average molecular weight is 287 g/mol. The highest BCUT2D eigenvalue weighted by Crippen LogP contribution is 2.36. The SMILES string of the molecule is Cc1ccc(C(O)c2cc(C(F)(F)F)ccc2N)s1. The molecule has 19 heavy (non-hydrogen) atoms. The number of thiophene rings is 1. The molecule has 0 radical (unpaired) electrons. The molecule has 102 valence electrons. The largest absolute Gasteiger partial charge is 0.416 e. The first-order valence-corrected chi connectivity index (χ1v) is 6.31. The summed E-state index contributed by atoms with van der Waals surface area (Å²) in [6.07, 6.45) is -5.59. The zero-order chi connectivity index (χ0) is 14.2. The molecule has 2 aromatic rings. The number of hydrogen-bond acceptors (Lipinski definition) is 3. The molecule has 0 spiro atoms. The molecule has 1 heterocycles. The van der Waals surface area contributed by atoms with E-state index in [2.05, 4.69) is 0 Å². The van der Waals surface area contributed by atoms with Gasteiger partial charge in [-0.25, -0.2) is 0 Å². The molecule has 0 aliphatic carbocycles. The van der Waals surface area contributed by atoms with E-state index in [1.54, 1.807) is 12.1 Å². The van der Waals surface area contributed by atoms with Crippen molar-refractivity contribution in [3.05, 3.63) is 51.2 Å². The normalized spacial score (nSPS) is 13.5. The quantitative estimate of drug-likeness (QED) is 0.827. The summed E-state index contributed by atoms with van der Waals surface area (Å²) in [6.45, 7) is 1.86. The van der Waals surface area contributed by atoms with Crippen LogP contribution in [0.3, 0.4) is 0 Å². The minimum atomic E-state index is -4.45. The predicted molar refractivity (Wildman–Crippen MR) is 69.0 cm³/mol. The molecular weight excluding hydrogens is 275 g/mol. The molecule has 1 aromatic carbocycles. The van der Waals surface area contributed by atoms with Crippen molar-refractivity contribution >= 4 is 17.0 Å². The second-order valence-electron chi connectivity index (χ2n) is 4.19. The molecule has 0 saturated heterocycles. The number of nitrogen functional groups attached to an aromatic ring is 1. The molecule has 0 amide bonds. The lowest BCUT2D eigenvalue weighted by Crippen LogP contribution is -2.09. The van der Waals surface area contributed by atoms with Gasteiger partial charge in [0.1, 0.15) is 6.10 Å². The molecule has 0 bridgehead atoms. The van der Waals surface area contributed by atoms with Crippen molar-refractivity contribution in [1.82, 2.24) is 0 Å². The highest BCUT2D eigenvalue weighted by Gasteiger charge is 2.31. The molecule has 6 heteroatoms. The van der Waals surface area contributed by atoms with Gasteiger partial charge >= 0.3 is 6.18 Å². The van der Waals surface area contributed by atoms with Crippen LogP contribution in [0.5, 0.6) is 0 Å². The van der Waals surface area contributed by atoms with Gasteiger partial charge in [-0.3, -0.25) is 0 Å². The van der Waals surface area contributed by atoms with Gasteiger partial charge in [-0.05, 0) is 37.3 Å². The number of halogens is 3. The van der Waals surface area contributed by atoms with Crippen molar-refractivity contribution in [2.45, 2.75) is 19.2 Å². The van der Waals surface area contributed by atoms with Gasteiger partial charge in [-0.2, -0.15) is 13.2 Å². The minimum Gasteiger partial charge on any atom is -0.398 e. The molecule has 3 N–H and O–H groups in total. The van der Waals surface area contributed by atoms with Crippen LogP contribution in [0.1, 0.15) is 27.0 Å². The van der Waals surface area contributed by atoms with Crippen LogP contribution < -0.4 is 5.73 Å². The summed E-state index contributed by atoms with van der Waals surface area (Å²) in [4.78, 5) is 1.54. The van der Waals surface area contributed by atoms with Crippen molar-refractivity contribution < 1.29 is 18.3 Å². The van der Waals surface area contributed by atoms with Crippen LogP contribution in [0.15, 0.2) is 30.3 Å². The number of rotatable bonds is 2. The lowest BCUT2D eigenvalue weighted by molar-refractivity contribution is -0.137. The fourth-order valence-corrected chi connectivity index (χ4v) is 2.62. The number of benzene rings is 1. The summed E-state index contributed by atoms with van der Waals surface area (Å²) in [7, 11) is 0. The molecule has 1 atom stereocenters. The fraction of sp³-hybridized carbons (Fsp3) is 0.231. The third-order valence-electron chi connectivity index (χ3n) is 2.74. The van der Waals surface area contributed by atoms with Gasteiger partial charge in [0.15, 0.2) is 0 Å². The highest BCUT2D eigenvalue weighted by molar-refractivity contribution is 7.12. The number of aliphatic hydroxyl groups is 1. The third-order valence-corrected chi connectivity index (χ3v) is 3.79. The van der Waals surface area contributed by atoms with E-state index in [-0.39, 0.29) is 11.3 Å². The molecule has 0 aliphatic heterocycles. The van der Waals surface area contributed by atoms with E-state index < -0.39 is 17.8 Å². The Bertz CT molecular complexity index is 592. The van der Waals surface area contributed by atoms with Crippen LogP contribution in [0.25, 0.3) is 0 Å². The average Bonchev–Trinajstić information content (AvgIpc) is 2.74. The smallest absolute Gasteiger partial charge is 0.398 e. The van der Waals surface area contributed by atoms with E-state index in [1.165, 1.54) is 17.4 Å². The number of aryl methyl sites for hydroxylation is 1. The third kappa shape index (κ3) is 2.90. The summed E-state index contributed by atoms with van der Waals surface area (Å²) in [5, 5.41) is 10.1. The monoisotopic (exact) mass is 287 g/mol. The summed E-state index contributed by atoms with van der Waals surface area (Å²) in [6, 6.07) is 6.46. The van der Waals surface area contributed by atoms with Crippen molar-refractivity contribution in [3.63, 3.8) is 0 Å². The summed E-state index contributed by atoms with van der Waals surface area (Å²) in [5.41, 5.74) is 5.06. The first kappa shape index (κ1) is 13.9. The molecule has 0 saturated carbocycles. The maximum atomic E-state index is 12.6. The van der Waals surface area contributed by atoms with Crippen LogP contribution in [0, 0.1) is 6.92 Å². The van der Waals surface area contributed by atoms with Gasteiger partial charge in [-0.15, -0.1) is 11.3 Å². The Morgan fingerprint density at radius 3 is 2.42 bits per heavy atom. The number of anilines is 1. The second kappa shape index (κ2) is 4.86. The molecule has 2 rings (SSSR count). The van der Waals surface area contributed by atoms with Crippen LogP contribution in [-0.4, -0.2) is 5.11 Å². The Morgan fingerprint density at radius 2 is 1.89 bits per heavy atom. The fourth-order valence-electron chi connectivity index (χ4n) is 1.74. The Labute approximate surface area is 112 Å². The van der Waals surface area contributed by atoms with Gasteiger partial charge in [0.25, 0.3) is 0 Å². The first-order chi connectivity index (χ1) is 8.79. The zero-order valence-electron chi connectivity index (χ0n) is 10.0. The van der Waals surface area contributed by atoms with E-state index in [0.29, 0.717) is 4.88 Å². The van der Waals surface area contributed by atoms with Crippen molar-refractivity contribution in [2.24, 2.45) is 0 Å². The number of alkyl halides is 3. The Balaban J connectivity index is 2.44. The van der Waals surface area contributed by atoms with Crippen molar-refractivity contribution in [1.29, 1.82) is 0 Å². The van der Waals surface area contributed by atoms with Crippen LogP contribution >= 0.6 is 11.3 Å². The van der Waals surface area contributed by atoms with E-state index in [4.69, 9.17) is 5.73 Å². The topological polar surface area (TPSA) is 46.2 Å². The summed E-state index contributed by atoms with van der Waals surface area (Å²) in [5.74, 6) is 0. The molecule has 0 fully saturated rings. The standard InChI is InChI=1S/C13H12F3NOS/c1-7-2-5-11(19-7)12(18)9-6-8(13(14,15)16)3-4-10(9)17/h2-6,12,18H,17H2,1H3. The van der Waals surface area contributed by atoms with E-state index in [9.17, 15) is 18.3 Å². The van der Waals surface area contributed by atoms with Crippen molar-refractivity contribution in [2.75, 3.05) is 5.73 Å². The van der Waals surface area contributed by atoms with Crippen LogP contribution in [0.4, 0.5) is 18.9 Å². The lowest BCUT2D eigenvalue weighted by Gasteiger charge is -2.15. The first-order valence-electron chi connectivity index (χ1n) is 5.50. The number of aliphatic hydroxyl groups excluding tert-OH is 1. The van der Waals surface area contributed by atoms with Crippen LogP contribution in [0.2, 0.25) is 0 Å². The minimum absolute atomic E-state index is 0.0803. The Morgan fingerprint density at radius 1 is 1.21 bits per heavy atom. The summed E-state index contributed by atoms with van der Waals surface area (Å²) < 4.78 is 37.9. The van der Waals surface area contributed by atoms with Crippen LogP contribution in [-0.2, 0) is 6.18 Å². The molecule has 0 aliphatic rings. The van der Waals surface area contributed by atoms with E-state index >= 15 is 0 Å². The van der Waals surface area contributed by atoms with Gasteiger partial charge in [-0.1, -0.05) is 0 Å². The molecule has 1 aromatic heterocycles. The summed E-state index contributed by atoms with van der Waals surface area (Å²) >= 11 is 1.33. The van der Waals surface area contributed by atoms with Gasteiger partial charge in [0, 0.05) is 21.0 Å². The Hall–Kier alpha value is -1.53. The van der Waals surface area contributed by atoms with E-state index in [0.717, 1.165) is 17.0 Å². The molecule has 2 nitrogen and oxygen atoms in total. The van der Waals surface area contributed by atoms with Gasteiger partial charge in [0.05, 0.1) is 5.56 Å². The number of hydrogen-bond donors (Lipinski definition) is 2. The maximum absolute atomic E-state index is 12.6. The molecular formula is C13H12F3NOS. The number of nitrogens with two attached hydrogens (primary N) is 1. The highest BCUT2D eigenvalue weighted by atomic mass is 32.1. The van der Waals surface area contributed by atoms with Crippen molar-refractivity contribution in [3.8, 4) is 0 Å². The molecule has 1 unspecified atom stereocenters. The van der Waals surface area contributed by atoms with E-state index in [1.807, 2.05) is 6.92 Å². The van der Waals surface area contributed by atoms with Gasteiger partial charge < -0.3 is 10.8 Å². The Kier molecular flexibility index (Phi) is 3.56.